The maximum Gasteiger partial charge on any atom is 0.318 e. The Morgan fingerprint density at radius 3 is 2.97 bits per heavy atom. The summed E-state index contributed by atoms with van der Waals surface area (Å²) >= 11 is 5.89. The molecule has 2 atom stereocenters. The third-order valence-electron chi connectivity index (χ3n) is 4.86. The molecular formula is C20H25ClFN5O3. The minimum atomic E-state index is -0.518. The van der Waals surface area contributed by atoms with Gasteiger partial charge in [0.2, 0.25) is 5.95 Å². The highest BCUT2D eigenvalue weighted by Gasteiger charge is 2.25. The highest BCUT2D eigenvalue weighted by atomic mass is 35.5. The minimum absolute atomic E-state index is 0.0106. The minimum Gasteiger partial charge on any atom is -0.394 e. The van der Waals surface area contributed by atoms with Gasteiger partial charge in [0, 0.05) is 25.9 Å². The molecule has 0 fully saturated rings. The average Bonchev–Trinajstić information content (AvgIpc) is 2.74. The van der Waals surface area contributed by atoms with Crippen LogP contribution in [0.15, 0.2) is 24.4 Å². The third kappa shape index (κ3) is 5.35. The second kappa shape index (κ2) is 10.0. The van der Waals surface area contributed by atoms with Gasteiger partial charge >= 0.3 is 6.03 Å². The first kappa shape index (κ1) is 22.2. The molecule has 8 nitrogen and oxygen atoms in total. The topological polar surface area (TPSA) is 99.6 Å². The molecule has 2 heterocycles. The molecule has 1 aromatic carbocycles. The summed E-state index contributed by atoms with van der Waals surface area (Å²) in [4.78, 5) is 23.3. The molecule has 0 saturated heterocycles. The van der Waals surface area contributed by atoms with Crippen LogP contribution < -0.4 is 10.6 Å². The Hall–Kier alpha value is -2.49. The van der Waals surface area contributed by atoms with Gasteiger partial charge in [-0.3, -0.25) is 0 Å². The molecule has 1 aromatic heterocycles. The summed E-state index contributed by atoms with van der Waals surface area (Å²) in [5, 5.41) is 15.1. The summed E-state index contributed by atoms with van der Waals surface area (Å²) in [7, 11) is 1.53. The van der Waals surface area contributed by atoms with Crippen molar-refractivity contribution in [1.82, 2.24) is 20.2 Å². The van der Waals surface area contributed by atoms with E-state index in [4.69, 9.17) is 16.3 Å². The number of aromatic nitrogens is 2. The lowest BCUT2D eigenvalue weighted by Gasteiger charge is -2.30. The summed E-state index contributed by atoms with van der Waals surface area (Å²) in [5.41, 5.74) is 2.40. The van der Waals surface area contributed by atoms with E-state index in [1.54, 1.807) is 17.2 Å². The van der Waals surface area contributed by atoms with Crippen LogP contribution >= 0.6 is 11.6 Å². The number of aliphatic hydroxyl groups excluding tert-OH is 1. The zero-order chi connectivity index (χ0) is 21.7. The number of carbonyl (C=O) groups is 1. The zero-order valence-electron chi connectivity index (χ0n) is 16.9. The second-order valence-electron chi connectivity index (χ2n) is 7.20. The van der Waals surface area contributed by atoms with E-state index in [0.717, 1.165) is 11.3 Å². The van der Waals surface area contributed by atoms with Crippen LogP contribution in [0.2, 0.25) is 5.02 Å². The first-order valence-corrected chi connectivity index (χ1v) is 10.0. The van der Waals surface area contributed by atoms with Crippen molar-refractivity contribution in [3.05, 3.63) is 52.1 Å². The van der Waals surface area contributed by atoms with Crippen LogP contribution in [-0.2, 0) is 17.7 Å². The van der Waals surface area contributed by atoms with Crippen LogP contribution in [0.3, 0.4) is 0 Å². The summed E-state index contributed by atoms with van der Waals surface area (Å²) in [6.07, 6.45) is 2.38. The predicted molar refractivity (Wildman–Crippen MR) is 111 cm³/mol. The Morgan fingerprint density at radius 1 is 1.47 bits per heavy atom. The van der Waals surface area contributed by atoms with Crippen molar-refractivity contribution in [3.63, 3.8) is 0 Å². The van der Waals surface area contributed by atoms with Gasteiger partial charge in [-0.05, 0) is 36.6 Å². The molecule has 0 radical (unpaired) electrons. The molecule has 3 rings (SSSR count). The number of nitrogens with one attached hydrogen (secondary N) is 2. The molecule has 30 heavy (non-hydrogen) atoms. The highest BCUT2D eigenvalue weighted by molar-refractivity contribution is 6.30. The summed E-state index contributed by atoms with van der Waals surface area (Å²) in [6, 6.07) is 3.39. The van der Waals surface area contributed by atoms with Crippen molar-refractivity contribution in [2.75, 3.05) is 32.2 Å². The number of anilines is 1. The molecule has 3 N–H and O–H groups in total. The normalized spacial score (nSPS) is 15.3. The van der Waals surface area contributed by atoms with Crippen molar-refractivity contribution in [3.8, 4) is 0 Å². The van der Waals surface area contributed by atoms with Crippen molar-refractivity contribution in [1.29, 1.82) is 0 Å². The Balaban J connectivity index is 1.70. The number of hydrogen-bond acceptors (Lipinski definition) is 6. The first-order valence-electron chi connectivity index (χ1n) is 9.62. The van der Waals surface area contributed by atoms with Crippen LogP contribution in [0.25, 0.3) is 0 Å². The number of hydrogen-bond donors (Lipinski definition) is 3. The zero-order valence-corrected chi connectivity index (χ0v) is 17.6. The molecule has 0 aliphatic carbocycles. The number of methoxy groups -OCH3 is 1. The number of nitrogens with zero attached hydrogens (tertiary/aromatic N) is 3. The number of rotatable bonds is 7. The molecule has 2 aromatic rings. The lowest BCUT2D eigenvalue weighted by Crippen LogP contribution is -2.45. The molecular weight excluding hydrogens is 413 g/mol. The summed E-state index contributed by atoms with van der Waals surface area (Å²) < 4.78 is 18.7. The SMILES string of the molecule is COC[C@@H](NC(=O)N1CCc2cnc(N[C@@H](C)CO)nc2C1)c1ccc(F)c(Cl)c1. The van der Waals surface area contributed by atoms with Gasteiger partial charge in [-0.1, -0.05) is 17.7 Å². The number of aliphatic hydroxyl groups is 1. The number of halogens is 2. The number of urea groups is 1. The number of amides is 2. The number of benzene rings is 1. The van der Waals surface area contributed by atoms with E-state index >= 15 is 0 Å². The molecule has 2 amide bonds. The largest absolute Gasteiger partial charge is 0.394 e. The average molecular weight is 438 g/mol. The third-order valence-corrected chi connectivity index (χ3v) is 5.15. The van der Waals surface area contributed by atoms with E-state index in [0.29, 0.717) is 31.0 Å². The molecule has 0 spiro atoms. The molecule has 1 aliphatic heterocycles. The Morgan fingerprint density at radius 2 is 2.27 bits per heavy atom. The second-order valence-corrected chi connectivity index (χ2v) is 7.60. The van der Waals surface area contributed by atoms with Crippen LogP contribution in [-0.4, -0.2) is 58.9 Å². The van der Waals surface area contributed by atoms with Crippen LogP contribution in [0.4, 0.5) is 15.1 Å². The Kier molecular flexibility index (Phi) is 7.41. The van der Waals surface area contributed by atoms with Crippen LogP contribution in [0, 0.1) is 5.82 Å². The van der Waals surface area contributed by atoms with Crippen molar-refractivity contribution in [2.45, 2.75) is 32.0 Å². The van der Waals surface area contributed by atoms with Gasteiger partial charge in [-0.2, -0.15) is 0 Å². The number of fused-ring (bicyclic) bond motifs is 1. The van der Waals surface area contributed by atoms with Gasteiger partial charge in [-0.25, -0.2) is 19.2 Å². The quantitative estimate of drug-likeness (QED) is 0.615. The number of ether oxygens (including phenoxy) is 1. The van der Waals surface area contributed by atoms with Gasteiger partial charge < -0.3 is 25.4 Å². The van der Waals surface area contributed by atoms with Gasteiger partial charge in [0.1, 0.15) is 5.82 Å². The fraction of sp³-hybridized carbons (Fsp3) is 0.450. The van der Waals surface area contributed by atoms with Crippen molar-refractivity contribution < 1.29 is 19.0 Å². The maximum absolute atomic E-state index is 13.5. The molecule has 162 valence electrons. The molecule has 1 aliphatic rings. The molecule has 0 unspecified atom stereocenters. The monoisotopic (exact) mass is 437 g/mol. The Labute approximate surface area is 179 Å². The fourth-order valence-electron chi connectivity index (χ4n) is 3.17. The van der Waals surface area contributed by atoms with E-state index in [1.807, 2.05) is 6.92 Å². The summed E-state index contributed by atoms with van der Waals surface area (Å²) in [5.74, 6) is -0.106. The lowest BCUT2D eigenvalue weighted by atomic mass is 10.1. The van der Waals surface area contributed by atoms with E-state index < -0.39 is 11.9 Å². The first-order chi connectivity index (χ1) is 14.4. The Bertz CT molecular complexity index is 901. The van der Waals surface area contributed by atoms with E-state index in [2.05, 4.69) is 20.6 Å². The van der Waals surface area contributed by atoms with E-state index in [9.17, 15) is 14.3 Å². The van der Waals surface area contributed by atoms with Crippen LogP contribution in [0.1, 0.15) is 29.8 Å². The summed E-state index contributed by atoms with van der Waals surface area (Å²) in [6.45, 7) is 2.85. The van der Waals surface area contributed by atoms with E-state index in [1.165, 1.54) is 19.2 Å². The molecule has 0 saturated carbocycles. The van der Waals surface area contributed by atoms with Gasteiger partial charge in [0.05, 0.1) is 36.5 Å². The van der Waals surface area contributed by atoms with Crippen molar-refractivity contribution >= 4 is 23.6 Å². The predicted octanol–water partition coefficient (Wildman–Crippen LogP) is 2.52. The fourth-order valence-corrected chi connectivity index (χ4v) is 3.36. The molecule has 10 heteroatoms. The van der Waals surface area contributed by atoms with Crippen LogP contribution in [0.5, 0.6) is 0 Å². The van der Waals surface area contributed by atoms with Gasteiger partial charge in [-0.15, -0.1) is 0 Å². The smallest absolute Gasteiger partial charge is 0.318 e. The maximum atomic E-state index is 13.5. The van der Waals surface area contributed by atoms with Gasteiger partial charge in [0.15, 0.2) is 0 Å². The van der Waals surface area contributed by atoms with Gasteiger partial charge in [0.25, 0.3) is 0 Å². The lowest BCUT2D eigenvalue weighted by molar-refractivity contribution is 0.152. The van der Waals surface area contributed by atoms with E-state index in [-0.39, 0.29) is 30.3 Å². The standard InChI is InChI=1S/C20H25ClFN5O3/c1-12(10-28)24-19-23-8-14-5-6-27(9-17(14)25-19)20(29)26-18(11-30-2)13-3-4-16(22)15(21)7-13/h3-4,7-8,12,18,28H,5-6,9-11H2,1-2H3,(H,26,29)(H,23,24,25)/t12-,18+/m0/s1. The highest BCUT2D eigenvalue weighted by Crippen LogP contribution is 2.23. The molecule has 0 bridgehead atoms. The number of carbonyl (C=O) groups excluding carboxylic acids is 1. The van der Waals surface area contributed by atoms with Crippen molar-refractivity contribution in [2.24, 2.45) is 0 Å².